The first-order valence-electron chi connectivity index (χ1n) is 7.32. The van der Waals surface area contributed by atoms with Crippen molar-refractivity contribution in [2.24, 2.45) is 0 Å². The quantitative estimate of drug-likeness (QED) is 0.873. The number of hydrogen-bond donors (Lipinski definition) is 1. The van der Waals surface area contributed by atoms with Crippen molar-refractivity contribution in [2.45, 2.75) is 45.1 Å². The largest absolute Gasteiger partial charge is 0.383 e. The van der Waals surface area contributed by atoms with E-state index < -0.39 is 0 Å². The van der Waals surface area contributed by atoms with E-state index in [-0.39, 0.29) is 5.41 Å². The Kier molecular flexibility index (Phi) is 5.35. The highest BCUT2D eigenvalue weighted by molar-refractivity contribution is 7.09. The van der Waals surface area contributed by atoms with E-state index in [4.69, 9.17) is 4.74 Å². The lowest BCUT2D eigenvalue weighted by molar-refractivity contribution is 0.143. The second-order valence-electron chi connectivity index (χ2n) is 6.38. The molecule has 1 saturated heterocycles. The molecule has 1 aliphatic heterocycles. The van der Waals surface area contributed by atoms with Crippen molar-refractivity contribution in [3.63, 3.8) is 0 Å². The summed E-state index contributed by atoms with van der Waals surface area (Å²) in [5, 5.41) is 4.39. The van der Waals surface area contributed by atoms with Crippen LogP contribution in [0.2, 0.25) is 0 Å². The summed E-state index contributed by atoms with van der Waals surface area (Å²) in [4.78, 5) is 7.08. The van der Waals surface area contributed by atoms with E-state index in [1.165, 1.54) is 30.9 Å². The Balaban J connectivity index is 1.84. The molecular formula is C14H26N4OS. The monoisotopic (exact) mass is 298 g/mol. The molecule has 0 amide bonds. The van der Waals surface area contributed by atoms with Gasteiger partial charge in [-0.1, -0.05) is 20.8 Å². The number of anilines is 1. The van der Waals surface area contributed by atoms with Gasteiger partial charge in [0.25, 0.3) is 0 Å². The fourth-order valence-electron chi connectivity index (χ4n) is 2.43. The van der Waals surface area contributed by atoms with Crippen LogP contribution in [-0.4, -0.2) is 53.7 Å². The van der Waals surface area contributed by atoms with Crippen LogP contribution in [0.4, 0.5) is 5.13 Å². The van der Waals surface area contributed by atoms with Crippen LogP contribution in [0.25, 0.3) is 0 Å². The summed E-state index contributed by atoms with van der Waals surface area (Å²) in [5.74, 6) is 0.924. The molecule has 114 valence electrons. The molecular weight excluding hydrogens is 272 g/mol. The summed E-state index contributed by atoms with van der Waals surface area (Å²) in [7, 11) is 1.76. The lowest BCUT2D eigenvalue weighted by atomic mass is 9.96. The van der Waals surface area contributed by atoms with Crippen molar-refractivity contribution in [3.05, 3.63) is 5.82 Å². The number of hydrogen-bond acceptors (Lipinski definition) is 6. The third-order valence-electron chi connectivity index (χ3n) is 3.67. The summed E-state index contributed by atoms with van der Waals surface area (Å²) < 4.78 is 9.61. The maximum absolute atomic E-state index is 5.17. The van der Waals surface area contributed by atoms with Crippen molar-refractivity contribution in [2.75, 3.05) is 38.7 Å². The first-order chi connectivity index (χ1) is 9.50. The first-order valence-corrected chi connectivity index (χ1v) is 8.09. The van der Waals surface area contributed by atoms with E-state index in [2.05, 4.69) is 40.3 Å². The predicted octanol–water partition coefficient (Wildman–Crippen LogP) is 2.36. The zero-order chi connectivity index (χ0) is 14.6. The summed E-state index contributed by atoms with van der Waals surface area (Å²) in [6.45, 7) is 10.4. The van der Waals surface area contributed by atoms with E-state index in [1.54, 1.807) is 7.11 Å². The van der Waals surface area contributed by atoms with Gasteiger partial charge in [0.1, 0.15) is 5.82 Å². The number of nitrogens with one attached hydrogen (secondary N) is 1. The van der Waals surface area contributed by atoms with Gasteiger partial charge in [-0.3, -0.25) is 4.90 Å². The van der Waals surface area contributed by atoms with Crippen LogP contribution in [0.1, 0.15) is 39.4 Å². The lowest BCUT2D eigenvalue weighted by Gasteiger charge is -2.24. The molecule has 1 aliphatic rings. The Labute approximate surface area is 125 Å². The van der Waals surface area contributed by atoms with E-state index in [0.717, 1.165) is 30.7 Å². The molecule has 6 heteroatoms. The number of ether oxygens (including phenoxy) is 1. The molecule has 0 saturated carbocycles. The molecule has 1 fully saturated rings. The Hall–Kier alpha value is -0.720. The van der Waals surface area contributed by atoms with Crippen molar-refractivity contribution < 1.29 is 4.74 Å². The predicted molar refractivity (Wildman–Crippen MR) is 83.6 cm³/mol. The van der Waals surface area contributed by atoms with Crippen molar-refractivity contribution >= 4 is 16.7 Å². The zero-order valence-corrected chi connectivity index (χ0v) is 13.8. The Morgan fingerprint density at radius 1 is 1.45 bits per heavy atom. The van der Waals surface area contributed by atoms with Gasteiger partial charge in [-0.15, -0.1) is 0 Å². The SMILES string of the molecule is COCCN1CCCC1CNc1nc(C(C)(C)C)ns1. The molecule has 1 aromatic heterocycles. The van der Waals surface area contributed by atoms with E-state index in [0.29, 0.717) is 6.04 Å². The van der Waals surface area contributed by atoms with Crippen molar-refractivity contribution in [1.29, 1.82) is 0 Å². The van der Waals surface area contributed by atoms with E-state index in [1.807, 2.05) is 0 Å². The average Bonchev–Trinajstić information content (AvgIpc) is 3.02. The standard InChI is InChI=1S/C14H26N4OS/c1-14(2,3)12-16-13(20-17-12)15-10-11-6-5-7-18(11)8-9-19-4/h11H,5-10H2,1-4H3,(H,15,16,17). The van der Waals surface area contributed by atoms with Gasteiger partial charge < -0.3 is 10.1 Å². The minimum Gasteiger partial charge on any atom is -0.383 e. The second-order valence-corrected chi connectivity index (χ2v) is 7.13. The maximum Gasteiger partial charge on any atom is 0.202 e. The summed E-state index contributed by atoms with van der Waals surface area (Å²) in [6.07, 6.45) is 2.53. The first kappa shape index (κ1) is 15.7. The molecule has 20 heavy (non-hydrogen) atoms. The normalized spacial score (nSPS) is 20.5. The number of rotatable bonds is 6. The Bertz CT molecular complexity index is 416. The van der Waals surface area contributed by atoms with Gasteiger partial charge in [0.15, 0.2) is 0 Å². The Morgan fingerprint density at radius 2 is 2.25 bits per heavy atom. The zero-order valence-electron chi connectivity index (χ0n) is 13.0. The molecule has 0 radical (unpaired) electrons. The number of methoxy groups -OCH3 is 1. The number of nitrogens with zero attached hydrogens (tertiary/aromatic N) is 3. The van der Waals surface area contributed by atoms with E-state index >= 15 is 0 Å². The molecule has 2 rings (SSSR count). The number of aromatic nitrogens is 2. The summed E-state index contributed by atoms with van der Waals surface area (Å²) in [6, 6.07) is 0.590. The summed E-state index contributed by atoms with van der Waals surface area (Å²) >= 11 is 1.46. The van der Waals surface area contributed by atoms with Crippen molar-refractivity contribution in [3.8, 4) is 0 Å². The smallest absolute Gasteiger partial charge is 0.202 e. The van der Waals surface area contributed by atoms with Gasteiger partial charge in [-0.2, -0.15) is 4.37 Å². The highest BCUT2D eigenvalue weighted by Gasteiger charge is 2.24. The molecule has 1 aromatic rings. The molecule has 1 atom stereocenters. The Morgan fingerprint density at radius 3 is 2.90 bits per heavy atom. The van der Waals surface area contributed by atoms with Crippen LogP contribution in [0, 0.1) is 0 Å². The fourth-order valence-corrected chi connectivity index (χ4v) is 3.20. The van der Waals surface area contributed by atoms with E-state index in [9.17, 15) is 0 Å². The topological polar surface area (TPSA) is 50.3 Å². The highest BCUT2D eigenvalue weighted by atomic mass is 32.1. The van der Waals surface area contributed by atoms with Crippen LogP contribution in [-0.2, 0) is 10.2 Å². The van der Waals surface area contributed by atoms with Gasteiger partial charge in [0.2, 0.25) is 5.13 Å². The molecule has 2 heterocycles. The number of likely N-dealkylation sites (tertiary alicyclic amines) is 1. The molecule has 0 spiro atoms. The molecule has 5 nitrogen and oxygen atoms in total. The minimum atomic E-state index is 0.0221. The molecule has 0 aromatic carbocycles. The van der Waals surface area contributed by atoms with Gasteiger partial charge in [-0.05, 0) is 19.4 Å². The van der Waals surface area contributed by atoms with Crippen molar-refractivity contribution in [1.82, 2.24) is 14.3 Å². The van der Waals surface area contributed by atoms with Crippen LogP contribution < -0.4 is 5.32 Å². The molecule has 1 unspecified atom stereocenters. The third kappa shape index (κ3) is 4.14. The average molecular weight is 298 g/mol. The van der Waals surface area contributed by atoms with Gasteiger partial charge in [0, 0.05) is 43.2 Å². The second kappa shape index (κ2) is 6.83. The highest BCUT2D eigenvalue weighted by Crippen LogP contribution is 2.23. The van der Waals surface area contributed by atoms with Gasteiger partial charge >= 0.3 is 0 Å². The van der Waals surface area contributed by atoms with Crippen LogP contribution in [0.5, 0.6) is 0 Å². The third-order valence-corrected chi connectivity index (χ3v) is 4.34. The van der Waals surface area contributed by atoms with Crippen LogP contribution in [0.15, 0.2) is 0 Å². The molecule has 0 bridgehead atoms. The molecule has 0 aliphatic carbocycles. The van der Waals surface area contributed by atoms with Gasteiger partial charge in [0.05, 0.1) is 6.61 Å². The van der Waals surface area contributed by atoms with Crippen LogP contribution >= 0.6 is 11.5 Å². The summed E-state index contributed by atoms with van der Waals surface area (Å²) in [5.41, 5.74) is 0.0221. The maximum atomic E-state index is 5.17. The van der Waals surface area contributed by atoms with Crippen LogP contribution in [0.3, 0.4) is 0 Å². The van der Waals surface area contributed by atoms with Gasteiger partial charge in [-0.25, -0.2) is 4.98 Å². The molecule has 1 N–H and O–H groups in total. The lowest BCUT2D eigenvalue weighted by Crippen LogP contribution is -2.37. The minimum absolute atomic E-state index is 0.0221. The fraction of sp³-hybridized carbons (Fsp3) is 0.857.